The highest BCUT2D eigenvalue weighted by molar-refractivity contribution is 6.30. The van der Waals surface area contributed by atoms with Crippen LogP contribution in [-0.2, 0) is 14.4 Å². The van der Waals surface area contributed by atoms with Gasteiger partial charge < -0.3 is 14.5 Å². The van der Waals surface area contributed by atoms with Gasteiger partial charge in [0.1, 0.15) is 6.61 Å². The molecular weight excluding hydrogens is 568 g/mol. The van der Waals surface area contributed by atoms with E-state index in [-0.39, 0.29) is 36.7 Å². The van der Waals surface area contributed by atoms with E-state index in [1.807, 2.05) is 36.4 Å². The highest BCUT2D eigenvalue weighted by Gasteiger charge is 2.46. The number of hydroxylamine groups is 2. The Balaban J connectivity index is 1.10. The lowest BCUT2D eigenvalue weighted by Gasteiger charge is -2.20. The van der Waals surface area contributed by atoms with Crippen molar-refractivity contribution in [2.24, 2.45) is 5.92 Å². The second-order valence-corrected chi connectivity index (χ2v) is 11.3. The zero-order valence-electron chi connectivity index (χ0n) is 22.8. The molecule has 1 aliphatic carbocycles. The van der Waals surface area contributed by atoms with Crippen LogP contribution in [0.15, 0.2) is 97.1 Å². The van der Waals surface area contributed by atoms with E-state index in [9.17, 15) is 19.2 Å². The first-order chi connectivity index (χ1) is 20.9. The van der Waals surface area contributed by atoms with Gasteiger partial charge >= 0.3 is 12.1 Å². The molecule has 0 spiro atoms. The van der Waals surface area contributed by atoms with E-state index in [4.69, 9.17) is 21.2 Å². The number of carbonyl (C=O) groups is 4. The van der Waals surface area contributed by atoms with E-state index in [0.29, 0.717) is 10.1 Å². The summed E-state index contributed by atoms with van der Waals surface area (Å²) in [6.07, 6.45) is -0.558. The van der Waals surface area contributed by atoms with Gasteiger partial charge in [0.25, 0.3) is 11.8 Å². The highest BCUT2D eigenvalue weighted by Crippen LogP contribution is 2.45. The summed E-state index contributed by atoms with van der Waals surface area (Å²) in [5.41, 5.74) is 5.54. The predicted molar refractivity (Wildman–Crippen MR) is 157 cm³/mol. The molecule has 0 bridgehead atoms. The summed E-state index contributed by atoms with van der Waals surface area (Å²) >= 11 is 6.10. The molecule has 214 valence electrons. The minimum Gasteiger partial charge on any atom is -0.448 e. The maximum atomic E-state index is 13.5. The number of halogens is 1. The molecular formula is C34H25ClN2O6. The van der Waals surface area contributed by atoms with Gasteiger partial charge in [0, 0.05) is 29.9 Å². The minimum atomic E-state index is -0.856. The Bertz CT molecular complexity index is 1710. The van der Waals surface area contributed by atoms with E-state index in [0.717, 1.165) is 27.8 Å². The van der Waals surface area contributed by atoms with Gasteiger partial charge in [-0.1, -0.05) is 89.5 Å². The maximum absolute atomic E-state index is 13.5. The van der Waals surface area contributed by atoms with Crippen molar-refractivity contribution in [1.82, 2.24) is 9.96 Å². The number of benzene rings is 4. The SMILES string of the molecule is O=C(ON1C(=O)c2ccccc2C1=O)[C@@H]1CN(C(=O)OCC2c3ccccc3-c3ccccc32)C[C@H]1c1ccc(Cl)cc1. The Morgan fingerprint density at radius 3 is 1.84 bits per heavy atom. The summed E-state index contributed by atoms with van der Waals surface area (Å²) in [6.45, 7) is 0.311. The van der Waals surface area contributed by atoms with E-state index in [2.05, 4.69) is 12.1 Å². The molecule has 2 heterocycles. The molecule has 1 fully saturated rings. The van der Waals surface area contributed by atoms with E-state index >= 15 is 0 Å². The highest BCUT2D eigenvalue weighted by atomic mass is 35.5. The monoisotopic (exact) mass is 592 g/mol. The third kappa shape index (κ3) is 4.64. The number of nitrogens with zero attached hydrogens (tertiary/aromatic N) is 2. The van der Waals surface area contributed by atoms with Gasteiger partial charge in [-0.2, -0.15) is 0 Å². The van der Waals surface area contributed by atoms with Crippen LogP contribution in [0.2, 0.25) is 5.02 Å². The van der Waals surface area contributed by atoms with Crippen LogP contribution in [0.4, 0.5) is 4.79 Å². The number of rotatable bonds is 5. The van der Waals surface area contributed by atoms with Gasteiger partial charge in [-0.3, -0.25) is 9.59 Å². The molecule has 0 unspecified atom stereocenters. The second-order valence-electron chi connectivity index (χ2n) is 10.8. The molecule has 43 heavy (non-hydrogen) atoms. The number of imide groups is 1. The van der Waals surface area contributed by atoms with Crippen molar-refractivity contribution in [3.05, 3.63) is 130 Å². The molecule has 7 rings (SSSR count). The third-order valence-electron chi connectivity index (χ3n) is 8.45. The number of ether oxygens (including phenoxy) is 1. The largest absolute Gasteiger partial charge is 0.448 e. The average Bonchev–Trinajstić information content (AvgIpc) is 3.69. The molecule has 2 atom stereocenters. The van der Waals surface area contributed by atoms with Crippen molar-refractivity contribution in [1.29, 1.82) is 0 Å². The standard InChI is InChI=1S/C34H25ClN2O6/c35-21-15-13-20(14-16-21)28-17-36(18-29(28)33(40)43-37-31(38)26-11-5-6-12-27(26)32(37)39)34(41)42-19-30-24-9-3-1-7-22(24)23-8-2-4-10-25(23)30/h1-16,28-30H,17-19H2/t28-,29+/m0/s1. The van der Waals surface area contributed by atoms with Crippen molar-refractivity contribution in [2.45, 2.75) is 11.8 Å². The molecule has 3 aliphatic rings. The lowest BCUT2D eigenvalue weighted by Crippen LogP contribution is -2.37. The molecule has 0 radical (unpaired) electrons. The van der Waals surface area contributed by atoms with Gasteiger partial charge in [0.2, 0.25) is 0 Å². The molecule has 4 aromatic carbocycles. The molecule has 0 aromatic heterocycles. The van der Waals surface area contributed by atoms with E-state index in [1.165, 1.54) is 17.0 Å². The zero-order valence-corrected chi connectivity index (χ0v) is 23.6. The summed E-state index contributed by atoms with van der Waals surface area (Å²) in [6, 6.07) is 29.4. The number of carbonyl (C=O) groups excluding carboxylic acids is 4. The Hall–Kier alpha value is -4.95. The Morgan fingerprint density at radius 1 is 0.721 bits per heavy atom. The minimum absolute atomic E-state index is 0.00797. The van der Waals surface area contributed by atoms with E-state index in [1.54, 1.807) is 36.4 Å². The van der Waals surface area contributed by atoms with Crippen LogP contribution in [0.3, 0.4) is 0 Å². The molecule has 4 aromatic rings. The molecule has 3 amide bonds. The lowest BCUT2D eigenvalue weighted by atomic mass is 9.89. The zero-order chi connectivity index (χ0) is 29.7. The topological polar surface area (TPSA) is 93.2 Å². The van der Waals surface area contributed by atoms with Gasteiger partial charge in [0.15, 0.2) is 0 Å². The van der Waals surface area contributed by atoms with Crippen LogP contribution in [0.1, 0.15) is 49.2 Å². The van der Waals surface area contributed by atoms with Crippen molar-refractivity contribution < 1.29 is 28.8 Å². The fraction of sp³-hybridized carbons (Fsp3) is 0.176. The Labute approximate surface area is 252 Å². The number of hydrogen-bond donors (Lipinski definition) is 0. The number of fused-ring (bicyclic) bond motifs is 4. The van der Waals surface area contributed by atoms with Gasteiger partial charge in [-0.25, -0.2) is 9.59 Å². The summed E-state index contributed by atoms with van der Waals surface area (Å²) in [5, 5.41) is 1.03. The molecule has 0 saturated carbocycles. The van der Waals surface area contributed by atoms with Crippen molar-refractivity contribution >= 4 is 35.5 Å². The van der Waals surface area contributed by atoms with Crippen molar-refractivity contribution in [3.8, 4) is 11.1 Å². The van der Waals surface area contributed by atoms with Crippen LogP contribution in [0.5, 0.6) is 0 Å². The van der Waals surface area contributed by atoms with Gasteiger partial charge in [-0.15, -0.1) is 0 Å². The van der Waals surface area contributed by atoms with Crippen LogP contribution < -0.4 is 0 Å². The summed E-state index contributed by atoms with van der Waals surface area (Å²) in [5.74, 6) is -3.64. The van der Waals surface area contributed by atoms with Gasteiger partial charge in [0.05, 0.1) is 17.0 Å². The van der Waals surface area contributed by atoms with Crippen LogP contribution >= 0.6 is 11.6 Å². The molecule has 0 N–H and O–H groups in total. The summed E-state index contributed by atoms with van der Waals surface area (Å²) in [4.78, 5) is 59.5. The number of amides is 3. The first kappa shape index (κ1) is 26.9. The predicted octanol–water partition coefficient (Wildman–Crippen LogP) is 6.06. The van der Waals surface area contributed by atoms with Crippen molar-refractivity contribution in [2.75, 3.05) is 19.7 Å². The Morgan fingerprint density at radius 2 is 1.26 bits per heavy atom. The first-order valence-electron chi connectivity index (χ1n) is 14.0. The maximum Gasteiger partial charge on any atom is 0.409 e. The lowest BCUT2D eigenvalue weighted by molar-refractivity contribution is -0.173. The fourth-order valence-corrected chi connectivity index (χ4v) is 6.46. The summed E-state index contributed by atoms with van der Waals surface area (Å²) < 4.78 is 5.86. The van der Waals surface area contributed by atoms with Crippen molar-refractivity contribution in [3.63, 3.8) is 0 Å². The van der Waals surface area contributed by atoms with Crippen LogP contribution in [0, 0.1) is 5.92 Å². The van der Waals surface area contributed by atoms with Crippen LogP contribution in [0.25, 0.3) is 11.1 Å². The number of hydrogen-bond acceptors (Lipinski definition) is 6. The second kappa shape index (κ2) is 10.7. The van der Waals surface area contributed by atoms with E-state index < -0.39 is 35.7 Å². The normalized spacial score (nSPS) is 18.8. The van der Waals surface area contributed by atoms with Gasteiger partial charge in [-0.05, 0) is 52.1 Å². The molecule has 9 heteroatoms. The molecule has 8 nitrogen and oxygen atoms in total. The first-order valence-corrected chi connectivity index (χ1v) is 14.3. The van der Waals surface area contributed by atoms with Crippen LogP contribution in [-0.4, -0.2) is 53.5 Å². The average molecular weight is 593 g/mol. The quantitative estimate of drug-likeness (QED) is 0.262. The summed E-state index contributed by atoms with van der Waals surface area (Å²) in [7, 11) is 0. The molecule has 2 aliphatic heterocycles. The molecule has 1 saturated heterocycles. The third-order valence-corrected chi connectivity index (χ3v) is 8.71. The Kier molecular flexibility index (Phi) is 6.70. The fourth-order valence-electron chi connectivity index (χ4n) is 6.33. The smallest absolute Gasteiger partial charge is 0.409 e. The number of likely N-dealkylation sites (tertiary alicyclic amines) is 1.